The number of amides is 1. The number of halogens is 1. The van der Waals surface area contributed by atoms with Gasteiger partial charge in [-0.2, -0.15) is 0 Å². The summed E-state index contributed by atoms with van der Waals surface area (Å²) in [5.74, 6) is 0.840. The van der Waals surface area contributed by atoms with Crippen molar-refractivity contribution in [3.8, 4) is 5.82 Å². The van der Waals surface area contributed by atoms with Crippen LogP contribution in [0.3, 0.4) is 0 Å². The monoisotopic (exact) mass is 361 g/mol. The van der Waals surface area contributed by atoms with Crippen molar-refractivity contribution in [3.05, 3.63) is 42.6 Å². The van der Waals surface area contributed by atoms with Crippen molar-refractivity contribution in [2.24, 2.45) is 5.41 Å². The van der Waals surface area contributed by atoms with Gasteiger partial charge in [0.15, 0.2) is 0 Å². The molecule has 1 amide bonds. The van der Waals surface area contributed by atoms with Crippen molar-refractivity contribution in [2.75, 3.05) is 26.2 Å². The maximum absolute atomic E-state index is 12.9. The Labute approximate surface area is 154 Å². The first-order chi connectivity index (χ1) is 11.8. The topological polar surface area (TPSA) is 63.1 Å². The van der Waals surface area contributed by atoms with Crippen molar-refractivity contribution in [2.45, 2.75) is 25.7 Å². The minimum absolute atomic E-state index is 0. The van der Waals surface area contributed by atoms with Crippen LogP contribution in [-0.4, -0.2) is 51.5 Å². The summed E-state index contributed by atoms with van der Waals surface area (Å²) in [6, 6.07) is 3.65. The number of piperidine rings is 2. The number of rotatable bonds is 2. The molecule has 25 heavy (non-hydrogen) atoms. The molecule has 2 saturated heterocycles. The molecule has 0 unspecified atom stereocenters. The highest BCUT2D eigenvalue weighted by molar-refractivity contribution is 5.94. The van der Waals surface area contributed by atoms with Crippen molar-refractivity contribution < 1.29 is 4.79 Å². The van der Waals surface area contributed by atoms with E-state index in [0.29, 0.717) is 11.0 Å². The minimum Gasteiger partial charge on any atom is -0.339 e. The zero-order valence-electron chi connectivity index (χ0n) is 14.2. The number of carbonyl (C=O) groups excluding carboxylic acids is 1. The minimum atomic E-state index is 0. The van der Waals surface area contributed by atoms with Crippen molar-refractivity contribution >= 4 is 18.3 Å². The highest BCUT2D eigenvalue weighted by Gasteiger charge is 2.36. The van der Waals surface area contributed by atoms with Gasteiger partial charge in [-0.05, 0) is 56.3 Å². The molecule has 2 aromatic heterocycles. The lowest BCUT2D eigenvalue weighted by Gasteiger charge is -2.44. The molecular formula is C18H24ClN5O. The summed E-state index contributed by atoms with van der Waals surface area (Å²) < 4.78 is 1.82. The third-order valence-corrected chi connectivity index (χ3v) is 5.54. The number of likely N-dealkylation sites (tertiary alicyclic amines) is 1. The van der Waals surface area contributed by atoms with E-state index in [-0.39, 0.29) is 18.3 Å². The van der Waals surface area contributed by atoms with Crippen LogP contribution in [0, 0.1) is 5.41 Å². The first-order valence-electron chi connectivity index (χ1n) is 8.70. The second kappa shape index (κ2) is 7.54. The molecule has 1 spiro atoms. The van der Waals surface area contributed by atoms with E-state index in [1.807, 2.05) is 21.7 Å². The molecular weight excluding hydrogens is 338 g/mol. The summed E-state index contributed by atoms with van der Waals surface area (Å²) >= 11 is 0. The average Bonchev–Trinajstić information content (AvgIpc) is 3.17. The van der Waals surface area contributed by atoms with Gasteiger partial charge in [-0.25, -0.2) is 9.97 Å². The number of pyridine rings is 1. The Bertz CT molecular complexity index is 702. The molecule has 4 rings (SSSR count). The van der Waals surface area contributed by atoms with Crippen LogP contribution in [0.1, 0.15) is 36.0 Å². The quantitative estimate of drug-likeness (QED) is 0.891. The molecule has 0 atom stereocenters. The van der Waals surface area contributed by atoms with E-state index in [9.17, 15) is 4.79 Å². The largest absolute Gasteiger partial charge is 0.339 e. The van der Waals surface area contributed by atoms with E-state index in [2.05, 4.69) is 15.3 Å². The standard InChI is InChI=1S/C18H23N5O.ClH/c24-17(15-1-6-21-16(13-15)23-12-9-20-14-23)22-10-4-18(5-11-22)2-7-19-8-3-18;/h1,6,9,12-14,19H,2-5,7-8,10-11H2;1H. The smallest absolute Gasteiger partial charge is 0.254 e. The summed E-state index contributed by atoms with van der Waals surface area (Å²) in [7, 11) is 0. The zero-order chi connectivity index (χ0) is 16.4. The Morgan fingerprint density at radius 3 is 2.56 bits per heavy atom. The summed E-state index contributed by atoms with van der Waals surface area (Å²) in [4.78, 5) is 23.2. The molecule has 6 nitrogen and oxygen atoms in total. The molecule has 2 aliphatic heterocycles. The van der Waals surface area contributed by atoms with Crippen LogP contribution < -0.4 is 5.32 Å². The van der Waals surface area contributed by atoms with Crippen molar-refractivity contribution in [1.29, 1.82) is 0 Å². The first-order valence-corrected chi connectivity index (χ1v) is 8.70. The summed E-state index contributed by atoms with van der Waals surface area (Å²) in [6.45, 7) is 3.96. The second-order valence-corrected chi connectivity index (χ2v) is 6.91. The van der Waals surface area contributed by atoms with Gasteiger partial charge in [-0.3, -0.25) is 9.36 Å². The third-order valence-electron chi connectivity index (χ3n) is 5.54. The van der Waals surface area contributed by atoms with Crippen LogP contribution in [0.4, 0.5) is 0 Å². The van der Waals surface area contributed by atoms with E-state index < -0.39 is 0 Å². The second-order valence-electron chi connectivity index (χ2n) is 6.91. The van der Waals surface area contributed by atoms with Gasteiger partial charge in [0.25, 0.3) is 5.91 Å². The van der Waals surface area contributed by atoms with Gasteiger partial charge in [-0.1, -0.05) is 0 Å². The van der Waals surface area contributed by atoms with E-state index in [0.717, 1.165) is 44.8 Å². The average molecular weight is 362 g/mol. The fourth-order valence-electron chi connectivity index (χ4n) is 3.91. The Morgan fingerprint density at radius 1 is 1.12 bits per heavy atom. The molecule has 0 aliphatic carbocycles. The third kappa shape index (κ3) is 3.70. The molecule has 2 aromatic rings. The van der Waals surface area contributed by atoms with Gasteiger partial charge in [-0.15, -0.1) is 12.4 Å². The lowest BCUT2D eigenvalue weighted by atomic mass is 9.71. The Morgan fingerprint density at radius 2 is 1.88 bits per heavy atom. The Hall–Kier alpha value is -1.92. The predicted octanol–water partition coefficient (Wildman–Crippen LogP) is 2.29. The summed E-state index contributed by atoms with van der Waals surface area (Å²) in [5, 5.41) is 3.44. The highest BCUT2D eigenvalue weighted by Crippen LogP contribution is 2.39. The van der Waals surface area contributed by atoms with Gasteiger partial charge < -0.3 is 10.2 Å². The maximum atomic E-state index is 12.9. The summed E-state index contributed by atoms with van der Waals surface area (Å²) in [5.41, 5.74) is 1.16. The highest BCUT2D eigenvalue weighted by atomic mass is 35.5. The molecule has 0 bridgehead atoms. The lowest BCUT2D eigenvalue weighted by Crippen LogP contribution is -2.47. The number of imidazole rings is 1. The number of nitrogens with one attached hydrogen (secondary N) is 1. The van der Waals surface area contributed by atoms with Gasteiger partial charge in [0.2, 0.25) is 0 Å². The van der Waals surface area contributed by atoms with Crippen LogP contribution >= 0.6 is 12.4 Å². The number of aromatic nitrogens is 3. The fourth-order valence-corrected chi connectivity index (χ4v) is 3.91. The van der Waals surface area contributed by atoms with E-state index in [4.69, 9.17) is 0 Å². The Kier molecular flexibility index (Phi) is 5.39. The molecule has 0 aromatic carbocycles. The van der Waals surface area contributed by atoms with E-state index in [1.165, 1.54) is 12.8 Å². The van der Waals surface area contributed by atoms with Crippen molar-refractivity contribution in [1.82, 2.24) is 24.8 Å². The van der Waals surface area contributed by atoms with Crippen LogP contribution in [0.2, 0.25) is 0 Å². The summed E-state index contributed by atoms with van der Waals surface area (Å²) in [6.07, 6.45) is 11.7. The molecule has 0 radical (unpaired) electrons. The van der Waals surface area contributed by atoms with Crippen LogP contribution in [0.5, 0.6) is 0 Å². The van der Waals surface area contributed by atoms with E-state index >= 15 is 0 Å². The van der Waals surface area contributed by atoms with E-state index in [1.54, 1.807) is 24.8 Å². The first kappa shape index (κ1) is 17.9. The molecule has 7 heteroatoms. The van der Waals surface area contributed by atoms with Gasteiger partial charge in [0.1, 0.15) is 12.1 Å². The molecule has 1 N–H and O–H groups in total. The zero-order valence-corrected chi connectivity index (χ0v) is 15.0. The molecule has 2 aliphatic rings. The van der Waals surface area contributed by atoms with Crippen LogP contribution in [-0.2, 0) is 0 Å². The number of carbonyl (C=O) groups is 1. The fraction of sp³-hybridized carbons (Fsp3) is 0.500. The lowest BCUT2D eigenvalue weighted by molar-refractivity contribution is 0.0495. The predicted molar refractivity (Wildman–Crippen MR) is 98.3 cm³/mol. The maximum Gasteiger partial charge on any atom is 0.254 e. The SMILES string of the molecule is Cl.O=C(c1ccnc(-n2ccnc2)c1)N1CCC2(CCNCC2)CC1. The normalized spacial score (nSPS) is 19.4. The number of nitrogens with zero attached hydrogens (tertiary/aromatic N) is 4. The van der Waals surface area contributed by atoms with Gasteiger partial charge in [0, 0.05) is 37.2 Å². The van der Waals surface area contributed by atoms with Crippen LogP contribution in [0.15, 0.2) is 37.1 Å². The van der Waals surface area contributed by atoms with Crippen molar-refractivity contribution in [3.63, 3.8) is 0 Å². The number of hydrogen-bond donors (Lipinski definition) is 1. The molecule has 2 fully saturated rings. The molecule has 4 heterocycles. The molecule has 134 valence electrons. The molecule has 0 saturated carbocycles. The van der Waals surface area contributed by atoms with Crippen LogP contribution in [0.25, 0.3) is 5.82 Å². The van der Waals surface area contributed by atoms with Gasteiger partial charge >= 0.3 is 0 Å². The Balaban J connectivity index is 0.00000182. The van der Waals surface area contributed by atoms with Gasteiger partial charge in [0.05, 0.1) is 0 Å². The number of hydrogen-bond acceptors (Lipinski definition) is 4.